The van der Waals surface area contributed by atoms with Gasteiger partial charge in [-0.15, -0.1) is 0 Å². The first-order valence-electron chi connectivity index (χ1n) is 5.36. The van der Waals surface area contributed by atoms with Crippen LogP contribution in [0.5, 0.6) is 0 Å². The van der Waals surface area contributed by atoms with E-state index in [1.807, 2.05) is 12.1 Å². The maximum Gasteiger partial charge on any atom is 0.150 e. The van der Waals surface area contributed by atoms with Crippen LogP contribution in [0, 0.1) is 0 Å². The highest BCUT2D eigenvalue weighted by molar-refractivity contribution is 7.90. The summed E-state index contributed by atoms with van der Waals surface area (Å²) < 4.78 is 27.1. The molecule has 0 aliphatic heterocycles. The molecule has 0 bridgehead atoms. The molecule has 0 amide bonds. The molecule has 0 saturated carbocycles. The largest absolute Gasteiger partial charge is 0.387 e. The summed E-state index contributed by atoms with van der Waals surface area (Å²) in [6.45, 7) is 0.644. The van der Waals surface area contributed by atoms with Crippen molar-refractivity contribution in [3.05, 3.63) is 35.4 Å². The average Bonchev–Trinajstić information content (AvgIpc) is 2.24. The van der Waals surface area contributed by atoms with Gasteiger partial charge in [0, 0.05) is 13.4 Å². The van der Waals surface area contributed by atoms with Crippen LogP contribution in [0.15, 0.2) is 24.3 Å². The van der Waals surface area contributed by atoms with Gasteiger partial charge in [0.15, 0.2) is 0 Å². The lowest BCUT2D eigenvalue weighted by molar-refractivity contribution is 0.200. The van der Waals surface area contributed by atoms with E-state index in [9.17, 15) is 13.5 Å². The predicted molar refractivity (Wildman–Crippen MR) is 66.7 cm³/mol. The van der Waals surface area contributed by atoms with Crippen LogP contribution in [0.1, 0.15) is 17.2 Å². The fraction of sp³-hybridized carbons (Fsp3) is 0.500. The van der Waals surface area contributed by atoms with Crippen molar-refractivity contribution in [2.24, 2.45) is 0 Å². The van der Waals surface area contributed by atoms with Gasteiger partial charge in [-0.2, -0.15) is 0 Å². The van der Waals surface area contributed by atoms with Crippen molar-refractivity contribution in [1.82, 2.24) is 0 Å². The zero-order valence-corrected chi connectivity index (χ0v) is 10.9. The van der Waals surface area contributed by atoms with Gasteiger partial charge in [-0.1, -0.05) is 24.3 Å². The minimum atomic E-state index is -3.17. The molecule has 5 heteroatoms. The molecule has 1 aromatic rings. The van der Waals surface area contributed by atoms with E-state index in [1.165, 1.54) is 0 Å². The van der Waals surface area contributed by atoms with Crippen molar-refractivity contribution in [3.63, 3.8) is 0 Å². The van der Waals surface area contributed by atoms with E-state index in [1.54, 1.807) is 19.2 Å². The molecule has 17 heavy (non-hydrogen) atoms. The Balaban J connectivity index is 2.67. The summed E-state index contributed by atoms with van der Waals surface area (Å²) in [6.07, 6.45) is 0.962. The maximum atomic E-state index is 11.0. The van der Waals surface area contributed by atoms with Crippen LogP contribution in [0.25, 0.3) is 0 Å². The van der Waals surface area contributed by atoms with Gasteiger partial charge in [0.1, 0.15) is 9.84 Å². The summed E-state index contributed by atoms with van der Waals surface area (Å²) >= 11 is 0. The molecule has 1 rings (SSSR count). The smallest absolute Gasteiger partial charge is 0.150 e. The Labute approximate surface area is 102 Å². The topological polar surface area (TPSA) is 63.6 Å². The molecule has 0 heterocycles. The summed E-state index contributed by atoms with van der Waals surface area (Å²) in [5, 5.41) is 9.72. The minimum Gasteiger partial charge on any atom is -0.387 e. The standard InChI is InChI=1S/C12H18O4S/c1-16-8-7-10-3-5-11(6-4-10)12(13)9-17(2,14)15/h3-6,12-13H,7-9H2,1-2H3. The predicted octanol–water partition coefficient (Wildman–Crippen LogP) is 0.954. The van der Waals surface area contributed by atoms with E-state index in [2.05, 4.69) is 0 Å². The Hall–Kier alpha value is -0.910. The van der Waals surface area contributed by atoms with Gasteiger partial charge in [-0.3, -0.25) is 0 Å². The summed E-state index contributed by atoms with van der Waals surface area (Å²) in [7, 11) is -1.52. The van der Waals surface area contributed by atoms with Gasteiger partial charge in [0.25, 0.3) is 0 Å². The third-order valence-corrected chi connectivity index (χ3v) is 3.34. The van der Waals surface area contributed by atoms with Gasteiger partial charge in [-0.25, -0.2) is 8.42 Å². The molecular weight excluding hydrogens is 240 g/mol. The van der Waals surface area contributed by atoms with Crippen LogP contribution in [0.2, 0.25) is 0 Å². The molecule has 0 saturated heterocycles. The fourth-order valence-electron chi connectivity index (χ4n) is 1.51. The third kappa shape index (κ3) is 5.30. The quantitative estimate of drug-likeness (QED) is 0.825. The van der Waals surface area contributed by atoms with Crippen molar-refractivity contribution in [3.8, 4) is 0 Å². The fourth-order valence-corrected chi connectivity index (χ4v) is 2.28. The first-order chi connectivity index (χ1) is 7.92. The lowest BCUT2D eigenvalue weighted by atomic mass is 10.1. The van der Waals surface area contributed by atoms with Gasteiger partial charge >= 0.3 is 0 Å². The normalized spacial score (nSPS) is 13.6. The number of methoxy groups -OCH3 is 1. The zero-order valence-electron chi connectivity index (χ0n) is 10.1. The number of hydrogen-bond donors (Lipinski definition) is 1. The molecule has 1 atom stereocenters. The van der Waals surface area contributed by atoms with E-state index < -0.39 is 15.9 Å². The first-order valence-corrected chi connectivity index (χ1v) is 7.42. The molecule has 0 aliphatic carbocycles. The molecule has 0 aliphatic rings. The molecular formula is C12H18O4S. The van der Waals surface area contributed by atoms with Gasteiger partial charge in [-0.05, 0) is 17.5 Å². The Morgan fingerprint density at radius 2 is 1.88 bits per heavy atom. The number of hydrogen-bond acceptors (Lipinski definition) is 4. The molecule has 0 fully saturated rings. The zero-order chi connectivity index (χ0) is 12.9. The summed E-state index contributed by atoms with van der Waals surface area (Å²) in [4.78, 5) is 0. The molecule has 96 valence electrons. The van der Waals surface area contributed by atoms with Gasteiger partial charge in [0.2, 0.25) is 0 Å². The number of ether oxygens (including phenoxy) is 1. The van der Waals surface area contributed by atoms with Gasteiger partial charge in [0.05, 0.1) is 18.5 Å². The second-order valence-electron chi connectivity index (χ2n) is 4.09. The second-order valence-corrected chi connectivity index (χ2v) is 6.28. The van der Waals surface area contributed by atoms with Crippen LogP contribution >= 0.6 is 0 Å². The van der Waals surface area contributed by atoms with Crippen LogP contribution < -0.4 is 0 Å². The Morgan fingerprint density at radius 3 is 2.35 bits per heavy atom. The highest BCUT2D eigenvalue weighted by atomic mass is 32.2. The molecule has 1 aromatic carbocycles. The maximum absolute atomic E-state index is 11.0. The first kappa shape index (κ1) is 14.2. The van der Waals surface area contributed by atoms with Crippen LogP contribution in [0.4, 0.5) is 0 Å². The van der Waals surface area contributed by atoms with Crippen molar-refractivity contribution in [1.29, 1.82) is 0 Å². The van der Waals surface area contributed by atoms with Gasteiger partial charge < -0.3 is 9.84 Å². The third-order valence-electron chi connectivity index (χ3n) is 2.42. The van der Waals surface area contributed by atoms with Crippen molar-refractivity contribution in [2.75, 3.05) is 25.7 Å². The highest BCUT2D eigenvalue weighted by Crippen LogP contribution is 2.15. The second kappa shape index (κ2) is 6.14. The Bertz CT molecular complexity index is 436. The molecule has 0 aromatic heterocycles. The van der Waals surface area contributed by atoms with E-state index in [4.69, 9.17) is 4.74 Å². The van der Waals surface area contributed by atoms with E-state index in [-0.39, 0.29) is 5.75 Å². The van der Waals surface area contributed by atoms with Crippen molar-refractivity contribution >= 4 is 9.84 Å². The minimum absolute atomic E-state index is 0.246. The molecule has 4 nitrogen and oxygen atoms in total. The van der Waals surface area contributed by atoms with Crippen LogP contribution in [0.3, 0.4) is 0 Å². The molecule has 1 N–H and O–H groups in total. The average molecular weight is 258 g/mol. The highest BCUT2D eigenvalue weighted by Gasteiger charge is 2.14. The van der Waals surface area contributed by atoms with E-state index in [0.717, 1.165) is 18.2 Å². The van der Waals surface area contributed by atoms with Crippen molar-refractivity contribution < 1.29 is 18.3 Å². The number of aliphatic hydroxyl groups is 1. The summed E-state index contributed by atoms with van der Waals surface area (Å²) in [6, 6.07) is 7.25. The Morgan fingerprint density at radius 1 is 1.29 bits per heavy atom. The lowest BCUT2D eigenvalue weighted by Gasteiger charge is -2.10. The monoisotopic (exact) mass is 258 g/mol. The summed E-state index contributed by atoms with van der Waals surface area (Å²) in [5.74, 6) is -0.246. The Kier molecular flexibility index (Phi) is 5.11. The van der Waals surface area contributed by atoms with E-state index >= 15 is 0 Å². The molecule has 1 unspecified atom stereocenters. The van der Waals surface area contributed by atoms with Crippen LogP contribution in [-0.2, 0) is 21.0 Å². The number of aliphatic hydroxyl groups excluding tert-OH is 1. The number of rotatable bonds is 6. The summed E-state index contributed by atoms with van der Waals surface area (Å²) in [5.41, 5.74) is 1.72. The SMILES string of the molecule is COCCc1ccc(C(O)CS(C)(=O)=O)cc1. The number of benzene rings is 1. The molecule has 0 spiro atoms. The molecule has 0 radical (unpaired) electrons. The number of sulfone groups is 1. The lowest BCUT2D eigenvalue weighted by Crippen LogP contribution is -2.12. The van der Waals surface area contributed by atoms with Crippen LogP contribution in [-0.4, -0.2) is 39.2 Å². The van der Waals surface area contributed by atoms with Crippen molar-refractivity contribution in [2.45, 2.75) is 12.5 Å². The van der Waals surface area contributed by atoms with E-state index in [0.29, 0.717) is 12.2 Å².